The first-order valence-electron chi connectivity index (χ1n) is 12.8. The number of sulfonamides is 1. The van der Waals surface area contributed by atoms with Gasteiger partial charge in [-0.15, -0.1) is 0 Å². The Morgan fingerprint density at radius 2 is 1.75 bits per heavy atom. The molecule has 40 heavy (non-hydrogen) atoms. The predicted molar refractivity (Wildman–Crippen MR) is 153 cm³/mol. The average Bonchev–Trinajstić information content (AvgIpc) is 2.96. The summed E-state index contributed by atoms with van der Waals surface area (Å²) in [5.74, 6) is -1.13. The fraction of sp³-hybridized carbons (Fsp3) is 0.310. The van der Waals surface area contributed by atoms with Crippen molar-refractivity contribution < 1.29 is 27.1 Å². The number of hydrogen-bond acceptors (Lipinski definition) is 5. The molecule has 3 aromatic carbocycles. The lowest BCUT2D eigenvalue weighted by atomic mass is 10.1. The van der Waals surface area contributed by atoms with Crippen LogP contribution in [0.2, 0.25) is 5.02 Å². The second-order valence-electron chi connectivity index (χ2n) is 9.01. The number of amides is 2. The van der Waals surface area contributed by atoms with Gasteiger partial charge in [0.15, 0.2) is 0 Å². The number of methoxy groups -OCH3 is 1. The van der Waals surface area contributed by atoms with Crippen LogP contribution in [-0.4, -0.2) is 51.4 Å². The van der Waals surface area contributed by atoms with E-state index in [0.29, 0.717) is 30.7 Å². The summed E-state index contributed by atoms with van der Waals surface area (Å²) in [6.45, 7) is 3.50. The Morgan fingerprint density at radius 1 is 1.02 bits per heavy atom. The van der Waals surface area contributed by atoms with Gasteiger partial charge in [-0.1, -0.05) is 55.8 Å². The van der Waals surface area contributed by atoms with E-state index >= 15 is 0 Å². The smallest absolute Gasteiger partial charge is 0.264 e. The molecule has 0 bridgehead atoms. The van der Waals surface area contributed by atoms with E-state index in [0.717, 1.165) is 16.4 Å². The monoisotopic (exact) mass is 589 g/mol. The number of nitrogens with zero attached hydrogens (tertiary/aromatic N) is 2. The molecule has 1 unspecified atom stereocenters. The largest absolute Gasteiger partial charge is 0.497 e. The molecule has 0 spiro atoms. The fourth-order valence-corrected chi connectivity index (χ4v) is 5.74. The van der Waals surface area contributed by atoms with E-state index in [9.17, 15) is 22.4 Å². The van der Waals surface area contributed by atoms with E-state index < -0.39 is 34.3 Å². The molecular formula is C29H33ClFN3O5S. The summed E-state index contributed by atoms with van der Waals surface area (Å²) in [5.41, 5.74) is 0.699. The number of benzene rings is 3. The van der Waals surface area contributed by atoms with Crippen LogP contribution >= 0.6 is 11.6 Å². The molecule has 0 aliphatic rings. The highest BCUT2D eigenvalue weighted by molar-refractivity contribution is 7.92. The number of hydrogen-bond donors (Lipinski definition) is 1. The molecule has 0 saturated carbocycles. The average molecular weight is 590 g/mol. The zero-order valence-corrected chi connectivity index (χ0v) is 24.2. The fourth-order valence-electron chi connectivity index (χ4n) is 4.14. The van der Waals surface area contributed by atoms with Gasteiger partial charge in [-0.05, 0) is 60.9 Å². The highest BCUT2D eigenvalue weighted by Crippen LogP contribution is 2.28. The molecule has 0 saturated heterocycles. The maximum Gasteiger partial charge on any atom is 0.264 e. The molecule has 214 valence electrons. The van der Waals surface area contributed by atoms with E-state index in [1.807, 2.05) is 6.92 Å². The van der Waals surface area contributed by atoms with Gasteiger partial charge in [-0.25, -0.2) is 12.8 Å². The van der Waals surface area contributed by atoms with Crippen molar-refractivity contribution in [2.75, 3.05) is 24.5 Å². The summed E-state index contributed by atoms with van der Waals surface area (Å²) >= 11 is 6.00. The second-order valence-corrected chi connectivity index (χ2v) is 11.3. The van der Waals surface area contributed by atoms with Crippen LogP contribution in [0.5, 0.6) is 5.75 Å². The summed E-state index contributed by atoms with van der Waals surface area (Å²) in [6.07, 6.45) is 0.999. The van der Waals surface area contributed by atoms with Crippen LogP contribution in [0.4, 0.5) is 10.1 Å². The van der Waals surface area contributed by atoms with Crippen molar-refractivity contribution in [3.8, 4) is 5.75 Å². The van der Waals surface area contributed by atoms with Crippen molar-refractivity contribution in [3.05, 3.63) is 89.2 Å². The molecule has 1 N–H and O–H groups in total. The minimum Gasteiger partial charge on any atom is -0.497 e. The van der Waals surface area contributed by atoms with Crippen molar-refractivity contribution in [3.63, 3.8) is 0 Å². The van der Waals surface area contributed by atoms with Crippen LogP contribution in [0.3, 0.4) is 0 Å². The summed E-state index contributed by atoms with van der Waals surface area (Å²) in [4.78, 5) is 28.4. The standard InChI is InChI=1S/C29H33ClFN3O5S/c1-4-16-32-29(36)27(5-2)33(19-21-10-9-11-23(17-21)39-3)28(35)20-34(22-14-15-26(31)25(30)18-22)40(37,38)24-12-7-6-8-13-24/h6-15,17-18,27H,4-5,16,19-20H2,1-3H3,(H,32,36). The van der Waals surface area contributed by atoms with Crippen LogP contribution < -0.4 is 14.4 Å². The van der Waals surface area contributed by atoms with Crippen molar-refractivity contribution in [1.29, 1.82) is 0 Å². The Kier molecular flexibility index (Phi) is 10.9. The molecule has 0 heterocycles. The highest BCUT2D eigenvalue weighted by Gasteiger charge is 2.33. The zero-order valence-electron chi connectivity index (χ0n) is 22.6. The van der Waals surface area contributed by atoms with E-state index in [1.165, 1.54) is 30.2 Å². The molecule has 0 fully saturated rings. The first-order chi connectivity index (χ1) is 19.1. The number of rotatable bonds is 13. The van der Waals surface area contributed by atoms with Gasteiger partial charge in [0.1, 0.15) is 24.2 Å². The third kappa shape index (κ3) is 7.51. The first kappa shape index (κ1) is 30.9. The lowest BCUT2D eigenvalue weighted by Gasteiger charge is -2.33. The van der Waals surface area contributed by atoms with Crippen LogP contribution in [0.25, 0.3) is 0 Å². The van der Waals surface area contributed by atoms with Crippen molar-refractivity contribution in [2.24, 2.45) is 0 Å². The van der Waals surface area contributed by atoms with E-state index in [4.69, 9.17) is 16.3 Å². The molecule has 3 rings (SSSR count). The van der Waals surface area contributed by atoms with Gasteiger partial charge in [-0.3, -0.25) is 13.9 Å². The molecule has 2 amide bonds. The third-order valence-corrected chi connectivity index (χ3v) is 8.30. The molecule has 8 nitrogen and oxygen atoms in total. The molecule has 3 aromatic rings. The highest BCUT2D eigenvalue weighted by atomic mass is 35.5. The van der Waals surface area contributed by atoms with Crippen molar-refractivity contribution >= 4 is 39.1 Å². The molecular weight excluding hydrogens is 557 g/mol. The molecule has 0 aliphatic heterocycles. The number of carbonyl (C=O) groups is 2. The van der Waals surface area contributed by atoms with E-state index in [2.05, 4.69) is 5.32 Å². The normalized spacial score (nSPS) is 11.9. The van der Waals surface area contributed by atoms with Gasteiger partial charge >= 0.3 is 0 Å². The van der Waals surface area contributed by atoms with Gasteiger partial charge in [0.2, 0.25) is 11.8 Å². The quantitative estimate of drug-likeness (QED) is 0.302. The maximum absolute atomic E-state index is 14.0. The van der Waals surface area contributed by atoms with E-state index in [-0.39, 0.29) is 28.1 Å². The Hall–Kier alpha value is -3.63. The topological polar surface area (TPSA) is 96.0 Å². The molecule has 11 heteroatoms. The van der Waals surface area contributed by atoms with Crippen LogP contribution in [0, 0.1) is 5.82 Å². The van der Waals surface area contributed by atoms with Gasteiger partial charge in [0, 0.05) is 13.1 Å². The number of ether oxygens (including phenoxy) is 1. The number of anilines is 1. The van der Waals surface area contributed by atoms with E-state index in [1.54, 1.807) is 49.4 Å². The van der Waals surface area contributed by atoms with Crippen LogP contribution in [-0.2, 0) is 26.2 Å². The summed E-state index contributed by atoms with van der Waals surface area (Å²) in [6, 6.07) is 17.2. The molecule has 0 radical (unpaired) electrons. The van der Waals surface area contributed by atoms with Crippen molar-refractivity contribution in [2.45, 2.75) is 44.2 Å². The number of nitrogens with one attached hydrogen (secondary N) is 1. The minimum atomic E-state index is -4.28. The predicted octanol–water partition coefficient (Wildman–Crippen LogP) is 5.02. The van der Waals surface area contributed by atoms with Crippen LogP contribution in [0.1, 0.15) is 32.3 Å². The molecule has 0 aliphatic carbocycles. The zero-order chi connectivity index (χ0) is 29.3. The Morgan fingerprint density at radius 3 is 2.38 bits per heavy atom. The lowest BCUT2D eigenvalue weighted by Crippen LogP contribution is -2.52. The van der Waals surface area contributed by atoms with Gasteiger partial charge in [0.25, 0.3) is 10.0 Å². The first-order valence-corrected chi connectivity index (χ1v) is 14.7. The summed E-state index contributed by atoms with van der Waals surface area (Å²) in [5, 5.41) is 2.54. The van der Waals surface area contributed by atoms with Gasteiger partial charge in [-0.2, -0.15) is 0 Å². The lowest BCUT2D eigenvalue weighted by molar-refractivity contribution is -0.140. The van der Waals surface area contributed by atoms with Crippen LogP contribution in [0.15, 0.2) is 77.7 Å². The summed E-state index contributed by atoms with van der Waals surface area (Å²) < 4.78 is 47.7. The Bertz CT molecular complexity index is 1420. The maximum atomic E-state index is 14.0. The van der Waals surface area contributed by atoms with Gasteiger partial charge in [0.05, 0.1) is 22.7 Å². The van der Waals surface area contributed by atoms with Crippen molar-refractivity contribution in [1.82, 2.24) is 10.2 Å². The van der Waals surface area contributed by atoms with Gasteiger partial charge < -0.3 is 15.0 Å². The number of carbonyl (C=O) groups excluding carboxylic acids is 2. The third-order valence-electron chi connectivity index (χ3n) is 6.22. The SMILES string of the molecule is CCCNC(=O)C(CC)N(Cc1cccc(OC)c1)C(=O)CN(c1ccc(F)c(Cl)c1)S(=O)(=O)c1ccccc1. The second kappa shape index (κ2) is 14.1. The minimum absolute atomic E-state index is 0.00779. The number of halogens is 2. The molecule has 1 atom stereocenters. The Balaban J connectivity index is 2.07. The summed E-state index contributed by atoms with van der Waals surface area (Å²) in [7, 11) is -2.76. The molecule has 0 aromatic heterocycles. The Labute approximate surface area is 239 Å².